The molecule has 2 N–H and O–H groups in total. The topological polar surface area (TPSA) is 157 Å². The van der Waals surface area contributed by atoms with Gasteiger partial charge in [-0.05, 0) is 72.2 Å². The lowest BCUT2D eigenvalue weighted by Gasteiger charge is -2.09. The van der Waals surface area contributed by atoms with E-state index in [0.717, 1.165) is 15.7 Å². The Morgan fingerprint density at radius 1 is 1.03 bits per heavy atom. The first kappa shape index (κ1) is 23.1. The average Bonchev–Trinajstić information content (AvgIpc) is 3.51. The van der Waals surface area contributed by atoms with Crippen LogP contribution < -0.4 is 10.7 Å². The van der Waals surface area contributed by atoms with Gasteiger partial charge in [-0.1, -0.05) is 15.9 Å². The van der Waals surface area contributed by atoms with E-state index in [9.17, 15) is 10.1 Å². The van der Waals surface area contributed by atoms with Gasteiger partial charge in [0.2, 0.25) is 11.3 Å². The Morgan fingerprint density at radius 3 is 2.47 bits per heavy atom. The molecule has 12 nitrogen and oxygen atoms in total. The van der Waals surface area contributed by atoms with Gasteiger partial charge in [0.15, 0.2) is 11.6 Å². The molecule has 0 saturated carbocycles. The van der Waals surface area contributed by atoms with Gasteiger partial charge in [-0.25, -0.2) is 9.61 Å². The summed E-state index contributed by atoms with van der Waals surface area (Å²) in [5.74, 6) is 1.57. The normalized spacial score (nSPS) is 11.3. The molecule has 2 aromatic carbocycles. The van der Waals surface area contributed by atoms with Crippen LogP contribution in [0.25, 0.3) is 22.6 Å². The molecule has 0 aliphatic heterocycles. The minimum atomic E-state index is -0.400. The Labute approximate surface area is 211 Å². The highest BCUT2D eigenvalue weighted by atomic mass is 79.9. The number of aryl methyl sites for hydroxylation is 1. The molecule has 5 rings (SSSR count). The minimum Gasteiger partial charge on any atom is -0.455 e. The summed E-state index contributed by atoms with van der Waals surface area (Å²) in [4.78, 5) is 19.7. The van der Waals surface area contributed by atoms with E-state index in [2.05, 4.69) is 52.1 Å². The highest BCUT2D eigenvalue weighted by molar-refractivity contribution is 9.10. The molecule has 0 saturated heterocycles. The van der Waals surface area contributed by atoms with Gasteiger partial charge in [0.05, 0.1) is 11.1 Å². The largest absolute Gasteiger partial charge is 0.455 e. The molecule has 180 valence electrons. The van der Waals surface area contributed by atoms with E-state index in [1.54, 1.807) is 26.0 Å². The lowest BCUT2D eigenvalue weighted by atomic mass is 10.0. The fourth-order valence-corrected chi connectivity index (χ4v) is 3.75. The molecule has 5 aromatic rings. The Kier molecular flexibility index (Phi) is 6.12. The quantitative estimate of drug-likeness (QED) is 0.145. The van der Waals surface area contributed by atoms with Gasteiger partial charge in [-0.3, -0.25) is 15.5 Å². The zero-order chi connectivity index (χ0) is 25.2. The highest BCUT2D eigenvalue weighted by Crippen LogP contribution is 2.32. The number of furan rings is 1. The maximum atomic E-state index is 11.4. The van der Waals surface area contributed by atoms with Gasteiger partial charge >= 0.3 is 0 Å². The molecule has 3 heterocycles. The number of rotatable bonds is 7. The molecule has 0 unspecified atom stereocenters. The van der Waals surface area contributed by atoms with Gasteiger partial charge in [0, 0.05) is 27.4 Å². The third kappa shape index (κ3) is 4.77. The maximum Gasteiger partial charge on any atom is 0.273 e. The summed E-state index contributed by atoms with van der Waals surface area (Å²) in [6.45, 7) is 3.49. The fraction of sp³-hybridized carbons (Fsp3) is 0.0870. The summed E-state index contributed by atoms with van der Waals surface area (Å²) in [6, 6.07) is 14.3. The lowest BCUT2D eigenvalue weighted by molar-refractivity contribution is -0.385. The zero-order valence-corrected chi connectivity index (χ0v) is 20.5. The number of anilines is 3. The Balaban J connectivity index is 1.39. The summed E-state index contributed by atoms with van der Waals surface area (Å²) in [5, 5.41) is 26.2. The monoisotopic (exact) mass is 548 g/mol. The predicted molar refractivity (Wildman–Crippen MR) is 136 cm³/mol. The van der Waals surface area contributed by atoms with Crippen LogP contribution in [0.5, 0.6) is 0 Å². The average molecular weight is 549 g/mol. The third-order valence-electron chi connectivity index (χ3n) is 5.20. The van der Waals surface area contributed by atoms with Crippen LogP contribution in [0, 0.1) is 24.0 Å². The Morgan fingerprint density at radius 2 is 1.75 bits per heavy atom. The number of aromatic nitrogens is 4. The van der Waals surface area contributed by atoms with Crippen LogP contribution >= 0.6 is 15.9 Å². The van der Waals surface area contributed by atoms with Crippen LogP contribution in [-0.2, 0) is 0 Å². The van der Waals surface area contributed by atoms with Crippen molar-refractivity contribution in [3.05, 3.63) is 80.0 Å². The standard InChI is InChI=1S/C23H17BrN8O4/c1-12-9-17(13(2)18(10-12)32(33)34)19-8-7-16(35-19)11-25-29-21-20(26-15-5-3-14(24)4-6-15)27-22-23(28-21)31-36-30-22/h3-11H,1-2H3,(H,26,27,30)(H,28,29,31). The van der Waals surface area contributed by atoms with Crippen LogP contribution in [0.15, 0.2) is 67.2 Å². The van der Waals surface area contributed by atoms with E-state index >= 15 is 0 Å². The van der Waals surface area contributed by atoms with E-state index in [1.165, 1.54) is 12.3 Å². The molecule has 0 fully saturated rings. The van der Waals surface area contributed by atoms with E-state index in [0.29, 0.717) is 28.5 Å². The van der Waals surface area contributed by atoms with E-state index in [4.69, 9.17) is 9.05 Å². The van der Waals surface area contributed by atoms with Crippen molar-refractivity contribution in [3.8, 4) is 11.3 Å². The number of nitrogens with zero attached hydrogens (tertiary/aromatic N) is 6. The van der Waals surface area contributed by atoms with Crippen molar-refractivity contribution in [1.82, 2.24) is 20.3 Å². The van der Waals surface area contributed by atoms with E-state index in [1.807, 2.05) is 30.3 Å². The summed E-state index contributed by atoms with van der Waals surface area (Å²) in [6.07, 6.45) is 1.46. The van der Waals surface area contributed by atoms with Gasteiger partial charge < -0.3 is 9.73 Å². The number of hydrogen-bond donors (Lipinski definition) is 2. The maximum absolute atomic E-state index is 11.4. The summed E-state index contributed by atoms with van der Waals surface area (Å²) in [5.41, 5.74) is 6.03. The van der Waals surface area contributed by atoms with Crippen LogP contribution in [0.4, 0.5) is 23.0 Å². The predicted octanol–water partition coefficient (Wildman–Crippen LogP) is 5.75. The Hall–Kier alpha value is -4.65. The molecular formula is C23H17BrN8O4. The molecule has 0 aliphatic carbocycles. The first-order valence-corrected chi connectivity index (χ1v) is 11.3. The minimum absolute atomic E-state index is 0.0420. The highest BCUT2D eigenvalue weighted by Gasteiger charge is 2.18. The van der Waals surface area contributed by atoms with Crippen molar-refractivity contribution in [1.29, 1.82) is 0 Å². The first-order valence-electron chi connectivity index (χ1n) is 10.6. The van der Waals surface area contributed by atoms with Gasteiger partial charge in [-0.15, -0.1) is 0 Å². The summed E-state index contributed by atoms with van der Waals surface area (Å²) in [7, 11) is 0. The van der Waals surface area contributed by atoms with Crippen LogP contribution in [0.3, 0.4) is 0 Å². The van der Waals surface area contributed by atoms with Crippen molar-refractivity contribution < 1.29 is 14.0 Å². The zero-order valence-electron chi connectivity index (χ0n) is 18.9. The molecule has 0 spiro atoms. The molecule has 36 heavy (non-hydrogen) atoms. The first-order chi connectivity index (χ1) is 17.4. The summed E-state index contributed by atoms with van der Waals surface area (Å²) >= 11 is 3.41. The SMILES string of the molecule is Cc1cc(-c2ccc(C=NNc3nc4nonc4nc3Nc3ccc(Br)cc3)o2)c(C)c([N+](=O)[O-])c1. The number of benzene rings is 2. The van der Waals surface area contributed by atoms with Gasteiger partial charge in [-0.2, -0.15) is 10.1 Å². The van der Waals surface area contributed by atoms with Gasteiger partial charge in [0.25, 0.3) is 5.69 Å². The molecule has 0 atom stereocenters. The third-order valence-corrected chi connectivity index (χ3v) is 5.73. The van der Waals surface area contributed by atoms with Crippen LogP contribution in [0.2, 0.25) is 0 Å². The van der Waals surface area contributed by atoms with Crippen molar-refractivity contribution >= 4 is 56.4 Å². The van der Waals surface area contributed by atoms with Crippen molar-refractivity contribution in [2.75, 3.05) is 10.7 Å². The second-order valence-electron chi connectivity index (χ2n) is 7.75. The molecule has 0 bridgehead atoms. The smallest absolute Gasteiger partial charge is 0.273 e. The van der Waals surface area contributed by atoms with Crippen LogP contribution in [0.1, 0.15) is 16.9 Å². The van der Waals surface area contributed by atoms with Crippen molar-refractivity contribution in [3.63, 3.8) is 0 Å². The van der Waals surface area contributed by atoms with E-state index in [-0.39, 0.29) is 22.8 Å². The number of fused-ring (bicyclic) bond motifs is 1. The number of halogens is 1. The molecule has 3 aromatic heterocycles. The van der Waals surface area contributed by atoms with Crippen LogP contribution in [-0.4, -0.2) is 31.4 Å². The fourth-order valence-electron chi connectivity index (χ4n) is 3.48. The second-order valence-corrected chi connectivity index (χ2v) is 8.67. The number of nitro groups is 1. The van der Waals surface area contributed by atoms with E-state index < -0.39 is 4.92 Å². The number of hydrazone groups is 1. The molecule has 0 amide bonds. The number of hydrogen-bond acceptors (Lipinski definition) is 11. The van der Waals surface area contributed by atoms with Crippen molar-refractivity contribution in [2.45, 2.75) is 13.8 Å². The molecule has 13 heteroatoms. The summed E-state index contributed by atoms with van der Waals surface area (Å²) < 4.78 is 11.5. The van der Waals surface area contributed by atoms with Gasteiger partial charge in [0.1, 0.15) is 11.5 Å². The molecular weight excluding hydrogens is 532 g/mol. The van der Waals surface area contributed by atoms with Crippen molar-refractivity contribution in [2.24, 2.45) is 5.10 Å². The number of nitro benzene ring substituents is 1. The number of nitrogens with one attached hydrogen (secondary N) is 2. The molecule has 0 aliphatic rings. The Bertz CT molecular complexity index is 1610. The molecule has 0 radical (unpaired) electrons. The second kappa shape index (κ2) is 9.54. The lowest BCUT2D eigenvalue weighted by Crippen LogP contribution is -2.03.